The van der Waals surface area contributed by atoms with Crippen molar-refractivity contribution in [1.29, 1.82) is 0 Å². The highest BCUT2D eigenvalue weighted by atomic mass is 16.7. The molecule has 1 aromatic rings. The third-order valence-electron chi connectivity index (χ3n) is 3.87. The maximum absolute atomic E-state index is 11.6. The van der Waals surface area contributed by atoms with Crippen LogP contribution in [0.5, 0.6) is 0 Å². The fourth-order valence-corrected chi connectivity index (χ4v) is 2.62. The predicted molar refractivity (Wildman–Crippen MR) is 87.6 cm³/mol. The topological polar surface area (TPSA) is 56.8 Å². The molecule has 1 saturated heterocycles. The summed E-state index contributed by atoms with van der Waals surface area (Å²) in [6.45, 7) is 3.68. The summed E-state index contributed by atoms with van der Waals surface area (Å²) >= 11 is 0. The molecular weight excluding hydrogens is 294 g/mol. The molecule has 0 amide bonds. The molecule has 1 aliphatic rings. The first-order chi connectivity index (χ1) is 11.3. The number of unbranched alkanes of at least 4 members (excludes halogenated alkanes) is 2. The number of hydrogen-bond acceptors (Lipinski definition) is 5. The molecule has 0 bridgehead atoms. The van der Waals surface area contributed by atoms with Gasteiger partial charge in [0.15, 0.2) is 0 Å². The fraction of sp³-hybridized carbons (Fsp3) is 0.611. The molecule has 0 aliphatic carbocycles. The summed E-state index contributed by atoms with van der Waals surface area (Å²) in [5, 5.41) is 0. The van der Waals surface area contributed by atoms with Crippen molar-refractivity contribution in [2.45, 2.75) is 57.8 Å². The van der Waals surface area contributed by atoms with Crippen LogP contribution in [0.25, 0.3) is 0 Å². The van der Waals surface area contributed by atoms with Crippen molar-refractivity contribution in [3.8, 4) is 0 Å². The molecular formula is C18H27NO4. The van der Waals surface area contributed by atoms with Gasteiger partial charge in [0, 0.05) is 13.0 Å². The molecule has 2 atom stereocenters. The third-order valence-corrected chi connectivity index (χ3v) is 3.87. The zero-order valence-electron chi connectivity index (χ0n) is 13.8. The van der Waals surface area contributed by atoms with Crippen molar-refractivity contribution in [1.82, 2.24) is 5.48 Å². The number of hydroxylamine groups is 1. The molecule has 128 valence electrons. The first kappa shape index (κ1) is 17.9. The second-order valence-electron chi connectivity index (χ2n) is 5.79. The summed E-state index contributed by atoms with van der Waals surface area (Å²) < 4.78 is 10.6. The van der Waals surface area contributed by atoms with Gasteiger partial charge in [-0.15, -0.1) is 0 Å². The standard InChI is InChI=1S/C18H27NO4/c1-2-22-18(20)17-13-16(23-19-17)11-7-4-8-12-21-14-15-9-5-3-6-10-15/h3,5-6,9-10,16-17,19H,2,4,7-8,11-14H2,1H3. The minimum Gasteiger partial charge on any atom is -0.465 e. The lowest BCUT2D eigenvalue weighted by Gasteiger charge is -2.08. The first-order valence-corrected chi connectivity index (χ1v) is 8.49. The second-order valence-corrected chi connectivity index (χ2v) is 5.79. The second kappa shape index (κ2) is 10.4. The van der Waals surface area contributed by atoms with Crippen LogP contribution in [0.2, 0.25) is 0 Å². The van der Waals surface area contributed by atoms with E-state index in [1.165, 1.54) is 5.56 Å². The predicted octanol–water partition coefficient (Wildman–Crippen LogP) is 2.99. The van der Waals surface area contributed by atoms with Gasteiger partial charge in [0.1, 0.15) is 6.04 Å². The first-order valence-electron chi connectivity index (χ1n) is 8.49. The Kier molecular flexibility index (Phi) is 8.07. The minimum absolute atomic E-state index is 0.106. The Bertz CT molecular complexity index is 452. The van der Waals surface area contributed by atoms with Crippen molar-refractivity contribution in [2.75, 3.05) is 13.2 Å². The quantitative estimate of drug-likeness (QED) is 0.530. The zero-order chi connectivity index (χ0) is 16.3. The normalized spacial score (nSPS) is 20.6. The van der Waals surface area contributed by atoms with Crippen LogP contribution in [0, 0.1) is 0 Å². The average Bonchev–Trinajstić information content (AvgIpc) is 3.04. The monoisotopic (exact) mass is 321 g/mol. The Morgan fingerprint density at radius 2 is 2.09 bits per heavy atom. The number of carbonyl (C=O) groups excluding carboxylic acids is 1. The van der Waals surface area contributed by atoms with Crippen molar-refractivity contribution in [2.24, 2.45) is 0 Å². The van der Waals surface area contributed by atoms with Crippen LogP contribution in [-0.2, 0) is 25.7 Å². The Balaban J connectivity index is 1.46. The molecule has 23 heavy (non-hydrogen) atoms. The van der Waals surface area contributed by atoms with Gasteiger partial charge in [0.25, 0.3) is 0 Å². The third kappa shape index (κ3) is 6.69. The highest BCUT2D eigenvalue weighted by Gasteiger charge is 2.31. The van der Waals surface area contributed by atoms with Crippen LogP contribution in [0.1, 0.15) is 44.6 Å². The SMILES string of the molecule is CCOC(=O)C1CC(CCCCCOCc2ccccc2)ON1. The van der Waals surface area contributed by atoms with Gasteiger partial charge in [-0.3, -0.25) is 9.63 Å². The number of benzene rings is 1. The van der Waals surface area contributed by atoms with E-state index in [9.17, 15) is 4.79 Å². The summed E-state index contributed by atoms with van der Waals surface area (Å²) in [4.78, 5) is 17.0. The van der Waals surface area contributed by atoms with Crippen LogP contribution in [0.15, 0.2) is 30.3 Å². The number of rotatable bonds is 10. The van der Waals surface area contributed by atoms with Gasteiger partial charge in [-0.2, -0.15) is 5.48 Å². The van der Waals surface area contributed by atoms with Crippen LogP contribution < -0.4 is 5.48 Å². The largest absolute Gasteiger partial charge is 0.465 e. The number of nitrogens with one attached hydrogen (secondary N) is 1. The number of carbonyl (C=O) groups is 1. The fourth-order valence-electron chi connectivity index (χ4n) is 2.62. The lowest BCUT2D eigenvalue weighted by molar-refractivity contribution is -0.146. The molecule has 0 saturated carbocycles. The maximum atomic E-state index is 11.6. The highest BCUT2D eigenvalue weighted by Crippen LogP contribution is 2.18. The van der Waals surface area contributed by atoms with Crippen molar-refractivity contribution < 1.29 is 19.1 Å². The minimum atomic E-state index is -0.311. The summed E-state index contributed by atoms with van der Waals surface area (Å²) in [5.41, 5.74) is 3.98. The Labute approximate surface area is 138 Å². The molecule has 2 unspecified atom stereocenters. The molecule has 1 aromatic carbocycles. The number of esters is 1. The molecule has 0 radical (unpaired) electrons. The lowest BCUT2D eigenvalue weighted by atomic mass is 10.1. The summed E-state index contributed by atoms with van der Waals surface area (Å²) in [6.07, 6.45) is 5.00. The number of hydrogen-bond donors (Lipinski definition) is 1. The van der Waals surface area contributed by atoms with Gasteiger partial charge in [0.05, 0.1) is 19.3 Å². The Morgan fingerprint density at radius 1 is 1.26 bits per heavy atom. The molecule has 0 aromatic heterocycles. The molecule has 5 heteroatoms. The Morgan fingerprint density at radius 3 is 2.87 bits per heavy atom. The van der Waals surface area contributed by atoms with Crippen LogP contribution >= 0.6 is 0 Å². The van der Waals surface area contributed by atoms with Gasteiger partial charge >= 0.3 is 5.97 Å². The van der Waals surface area contributed by atoms with E-state index in [-0.39, 0.29) is 18.1 Å². The molecule has 1 fully saturated rings. The van der Waals surface area contributed by atoms with Crippen molar-refractivity contribution >= 4 is 5.97 Å². The molecule has 5 nitrogen and oxygen atoms in total. The summed E-state index contributed by atoms with van der Waals surface area (Å²) in [6, 6.07) is 9.90. The van der Waals surface area contributed by atoms with E-state index in [4.69, 9.17) is 14.3 Å². The van der Waals surface area contributed by atoms with Gasteiger partial charge in [-0.1, -0.05) is 43.2 Å². The zero-order valence-corrected chi connectivity index (χ0v) is 13.8. The van der Waals surface area contributed by atoms with Gasteiger partial charge in [-0.25, -0.2) is 0 Å². The lowest BCUT2D eigenvalue weighted by Crippen LogP contribution is -2.31. The summed E-state index contributed by atoms with van der Waals surface area (Å²) in [7, 11) is 0. The van der Waals surface area contributed by atoms with E-state index in [2.05, 4.69) is 17.6 Å². The van der Waals surface area contributed by atoms with E-state index in [0.717, 1.165) is 32.3 Å². The molecule has 1 heterocycles. The van der Waals surface area contributed by atoms with Crippen LogP contribution in [-0.4, -0.2) is 31.3 Å². The average molecular weight is 321 g/mol. The summed E-state index contributed by atoms with van der Waals surface area (Å²) in [5.74, 6) is -0.218. The maximum Gasteiger partial charge on any atom is 0.325 e. The van der Waals surface area contributed by atoms with Crippen molar-refractivity contribution in [3.63, 3.8) is 0 Å². The van der Waals surface area contributed by atoms with Crippen molar-refractivity contribution in [3.05, 3.63) is 35.9 Å². The van der Waals surface area contributed by atoms with E-state index in [1.807, 2.05) is 25.1 Å². The number of ether oxygens (including phenoxy) is 2. The van der Waals surface area contributed by atoms with E-state index >= 15 is 0 Å². The molecule has 1 aliphatic heterocycles. The van der Waals surface area contributed by atoms with Gasteiger partial charge in [0.2, 0.25) is 0 Å². The Hall–Kier alpha value is -1.43. The smallest absolute Gasteiger partial charge is 0.325 e. The molecule has 0 spiro atoms. The van der Waals surface area contributed by atoms with Gasteiger partial charge in [-0.05, 0) is 25.3 Å². The van der Waals surface area contributed by atoms with E-state index in [1.54, 1.807) is 0 Å². The van der Waals surface area contributed by atoms with Crippen LogP contribution in [0.4, 0.5) is 0 Å². The van der Waals surface area contributed by atoms with Gasteiger partial charge < -0.3 is 9.47 Å². The molecule has 2 rings (SSSR count). The highest BCUT2D eigenvalue weighted by molar-refractivity contribution is 5.75. The van der Waals surface area contributed by atoms with Crippen LogP contribution in [0.3, 0.4) is 0 Å². The van der Waals surface area contributed by atoms with E-state index < -0.39 is 0 Å². The van der Waals surface area contributed by atoms with E-state index in [0.29, 0.717) is 19.6 Å². The molecule has 1 N–H and O–H groups in total.